The zero-order chi connectivity index (χ0) is 9.26. The molecule has 1 aromatic carbocycles. The van der Waals surface area contributed by atoms with Crippen molar-refractivity contribution in [1.82, 2.24) is 0 Å². The summed E-state index contributed by atoms with van der Waals surface area (Å²) in [6.07, 6.45) is 2.47. The van der Waals surface area contributed by atoms with E-state index in [2.05, 4.69) is 11.8 Å². The van der Waals surface area contributed by atoms with Gasteiger partial charge in [0.2, 0.25) is 0 Å². The Morgan fingerprint density at radius 3 is 2.23 bits per heavy atom. The molecule has 0 unspecified atom stereocenters. The molecule has 0 amide bonds. The summed E-state index contributed by atoms with van der Waals surface area (Å²) in [5, 5.41) is 1.29. The Hall–Kier alpha value is -0.640. The zero-order valence-corrected chi connectivity index (χ0v) is 8.49. The largest absolute Gasteiger partial charge is 0.0945 e. The first-order chi connectivity index (χ1) is 6.24. The highest BCUT2D eigenvalue weighted by molar-refractivity contribution is 6.34. The first-order valence-corrected chi connectivity index (χ1v) is 4.97. The van der Waals surface area contributed by atoms with Crippen LogP contribution in [0.25, 0.3) is 0 Å². The van der Waals surface area contributed by atoms with Crippen molar-refractivity contribution in [2.75, 3.05) is 0 Å². The van der Waals surface area contributed by atoms with Gasteiger partial charge in [0.15, 0.2) is 0 Å². The van der Waals surface area contributed by atoms with Gasteiger partial charge in [-0.2, -0.15) is 0 Å². The zero-order valence-electron chi connectivity index (χ0n) is 6.98. The fourth-order valence-corrected chi connectivity index (χ4v) is 1.57. The standard InChI is InChI=1S/C11H8Cl2/c12-10-5-9(6-11(13)7-10)4-3-8-1-2-8/h5-8H,1-2H2. The maximum atomic E-state index is 5.83. The summed E-state index contributed by atoms with van der Waals surface area (Å²) in [5.41, 5.74) is 0.907. The van der Waals surface area contributed by atoms with Gasteiger partial charge < -0.3 is 0 Å². The van der Waals surface area contributed by atoms with Gasteiger partial charge in [0.1, 0.15) is 0 Å². The number of halogens is 2. The van der Waals surface area contributed by atoms with Crippen molar-refractivity contribution in [3.63, 3.8) is 0 Å². The number of benzene rings is 1. The quantitative estimate of drug-likeness (QED) is 0.573. The Morgan fingerprint density at radius 2 is 1.69 bits per heavy atom. The van der Waals surface area contributed by atoms with E-state index in [9.17, 15) is 0 Å². The van der Waals surface area contributed by atoms with E-state index in [4.69, 9.17) is 23.2 Å². The van der Waals surface area contributed by atoms with Crippen LogP contribution in [-0.4, -0.2) is 0 Å². The summed E-state index contributed by atoms with van der Waals surface area (Å²) in [7, 11) is 0. The van der Waals surface area contributed by atoms with E-state index in [0.717, 1.165) is 5.56 Å². The molecule has 0 N–H and O–H groups in total. The fourth-order valence-electron chi connectivity index (χ4n) is 1.04. The Labute approximate surface area is 87.9 Å². The normalized spacial score (nSPS) is 14.9. The molecule has 2 heteroatoms. The Morgan fingerprint density at radius 1 is 1.08 bits per heavy atom. The van der Waals surface area contributed by atoms with Gasteiger partial charge in [-0.3, -0.25) is 0 Å². The molecule has 2 rings (SSSR count). The molecular weight excluding hydrogens is 203 g/mol. The maximum absolute atomic E-state index is 5.83. The minimum atomic E-state index is 0.609. The smallest absolute Gasteiger partial charge is 0.0433 e. The van der Waals surface area contributed by atoms with E-state index >= 15 is 0 Å². The second-order valence-corrected chi connectivity index (χ2v) is 4.07. The fraction of sp³-hybridized carbons (Fsp3) is 0.273. The molecule has 0 spiro atoms. The number of hydrogen-bond acceptors (Lipinski definition) is 0. The highest BCUT2D eigenvalue weighted by Crippen LogP contribution is 2.27. The number of hydrogen-bond donors (Lipinski definition) is 0. The van der Waals surface area contributed by atoms with Crippen LogP contribution >= 0.6 is 23.2 Å². The summed E-state index contributed by atoms with van der Waals surface area (Å²) in [6.45, 7) is 0. The summed E-state index contributed by atoms with van der Waals surface area (Å²) in [5.74, 6) is 6.84. The van der Waals surface area contributed by atoms with E-state index in [1.54, 1.807) is 6.07 Å². The first kappa shape index (κ1) is 8.94. The summed E-state index contributed by atoms with van der Waals surface area (Å²) in [4.78, 5) is 0. The maximum Gasteiger partial charge on any atom is 0.0433 e. The van der Waals surface area contributed by atoms with E-state index in [-0.39, 0.29) is 0 Å². The Bertz CT molecular complexity index is 361. The van der Waals surface area contributed by atoms with Crippen LogP contribution in [0, 0.1) is 17.8 Å². The topological polar surface area (TPSA) is 0 Å². The van der Waals surface area contributed by atoms with Crippen LogP contribution in [-0.2, 0) is 0 Å². The molecule has 0 radical (unpaired) electrons. The van der Waals surface area contributed by atoms with Crippen LogP contribution in [0.1, 0.15) is 18.4 Å². The predicted molar refractivity (Wildman–Crippen MR) is 56.1 cm³/mol. The molecule has 1 saturated carbocycles. The van der Waals surface area contributed by atoms with Crippen LogP contribution in [0.3, 0.4) is 0 Å². The van der Waals surface area contributed by atoms with Crippen LogP contribution in [0.4, 0.5) is 0 Å². The SMILES string of the molecule is Clc1cc(Cl)cc(C#CC2CC2)c1. The average molecular weight is 211 g/mol. The van der Waals surface area contributed by atoms with Crippen LogP contribution in [0.2, 0.25) is 10.0 Å². The highest BCUT2D eigenvalue weighted by atomic mass is 35.5. The summed E-state index contributed by atoms with van der Waals surface area (Å²) in [6, 6.07) is 5.39. The molecule has 1 aliphatic rings. The van der Waals surface area contributed by atoms with E-state index in [1.165, 1.54) is 12.8 Å². The average Bonchev–Trinajstić information content (AvgIpc) is 2.81. The molecule has 1 aromatic rings. The lowest BCUT2D eigenvalue weighted by atomic mass is 10.2. The van der Waals surface area contributed by atoms with E-state index in [0.29, 0.717) is 16.0 Å². The molecule has 0 aliphatic heterocycles. The molecule has 0 heterocycles. The molecule has 1 aliphatic carbocycles. The molecule has 0 nitrogen and oxygen atoms in total. The lowest BCUT2D eigenvalue weighted by molar-refractivity contribution is 1.18. The van der Waals surface area contributed by atoms with Crippen molar-refractivity contribution in [2.24, 2.45) is 5.92 Å². The van der Waals surface area contributed by atoms with Crippen molar-refractivity contribution in [1.29, 1.82) is 0 Å². The molecular formula is C11H8Cl2. The highest BCUT2D eigenvalue weighted by Gasteiger charge is 2.17. The van der Waals surface area contributed by atoms with Gasteiger partial charge in [-0.05, 0) is 31.0 Å². The third-order valence-electron chi connectivity index (χ3n) is 1.86. The van der Waals surface area contributed by atoms with E-state index < -0.39 is 0 Å². The van der Waals surface area contributed by atoms with Gasteiger partial charge in [0.25, 0.3) is 0 Å². The summed E-state index contributed by atoms with van der Waals surface area (Å²) >= 11 is 11.7. The molecule has 66 valence electrons. The molecule has 0 atom stereocenters. The molecule has 0 aromatic heterocycles. The van der Waals surface area contributed by atoms with Crippen LogP contribution in [0.15, 0.2) is 18.2 Å². The minimum absolute atomic E-state index is 0.609. The molecule has 0 saturated heterocycles. The van der Waals surface area contributed by atoms with Gasteiger partial charge in [-0.15, -0.1) is 0 Å². The van der Waals surface area contributed by atoms with Crippen molar-refractivity contribution in [2.45, 2.75) is 12.8 Å². The van der Waals surface area contributed by atoms with Crippen molar-refractivity contribution in [3.8, 4) is 11.8 Å². The lowest BCUT2D eigenvalue weighted by Gasteiger charge is -1.93. The summed E-state index contributed by atoms with van der Waals surface area (Å²) < 4.78 is 0. The predicted octanol–water partition coefficient (Wildman–Crippen LogP) is 3.75. The number of rotatable bonds is 0. The van der Waals surface area contributed by atoms with Gasteiger partial charge in [-0.25, -0.2) is 0 Å². The van der Waals surface area contributed by atoms with Crippen LogP contribution in [0.5, 0.6) is 0 Å². The monoisotopic (exact) mass is 210 g/mol. The Kier molecular flexibility index (Phi) is 2.49. The second kappa shape index (κ2) is 3.62. The molecule has 0 bridgehead atoms. The Balaban J connectivity index is 2.25. The molecule has 13 heavy (non-hydrogen) atoms. The van der Waals surface area contributed by atoms with Gasteiger partial charge in [0.05, 0.1) is 0 Å². The third-order valence-corrected chi connectivity index (χ3v) is 2.30. The van der Waals surface area contributed by atoms with Crippen molar-refractivity contribution >= 4 is 23.2 Å². The van der Waals surface area contributed by atoms with Gasteiger partial charge >= 0.3 is 0 Å². The lowest BCUT2D eigenvalue weighted by Crippen LogP contribution is -1.75. The first-order valence-electron chi connectivity index (χ1n) is 4.22. The van der Waals surface area contributed by atoms with Gasteiger partial charge in [-0.1, -0.05) is 35.0 Å². The van der Waals surface area contributed by atoms with Gasteiger partial charge in [0, 0.05) is 21.5 Å². The van der Waals surface area contributed by atoms with E-state index in [1.807, 2.05) is 12.1 Å². The van der Waals surface area contributed by atoms with Crippen LogP contribution < -0.4 is 0 Å². The molecule has 1 fully saturated rings. The van der Waals surface area contributed by atoms with Crippen molar-refractivity contribution in [3.05, 3.63) is 33.8 Å². The van der Waals surface area contributed by atoms with Crippen molar-refractivity contribution < 1.29 is 0 Å². The second-order valence-electron chi connectivity index (χ2n) is 3.20. The minimum Gasteiger partial charge on any atom is -0.0945 e. The third kappa shape index (κ3) is 2.66.